The Balaban J connectivity index is 2.39. The summed E-state index contributed by atoms with van der Waals surface area (Å²) in [5.74, 6) is 0.686. The molecule has 0 aromatic carbocycles. The SMILES string of the molecule is CCn1ncc(OC)c1C1(O)CCNCC1. The molecule has 0 atom stereocenters. The zero-order valence-corrected chi connectivity index (χ0v) is 9.86. The van der Waals surface area contributed by atoms with Crippen LogP contribution < -0.4 is 10.1 Å². The van der Waals surface area contributed by atoms with E-state index in [0.717, 1.165) is 25.3 Å². The standard InChI is InChI=1S/C11H19N3O2/c1-3-14-10(9(16-2)8-13-14)11(15)4-6-12-7-5-11/h8,12,15H,3-7H2,1-2H3. The van der Waals surface area contributed by atoms with Crippen molar-refractivity contribution in [2.24, 2.45) is 0 Å². The average Bonchev–Trinajstić information content (AvgIpc) is 2.73. The summed E-state index contributed by atoms with van der Waals surface area (Å²) in [5.41, 5.74) is 0.0160. The average molecular weight is 225 g/mol. The molecule has 0 unspecified atom stereocenters. The number of piperidine rings is 1. The van der Waals surface area contributed by atoms with Crippen molar-refractivity contribution in [2.45, 2.75) is 31.9 Å². The van der Waals surface area contributed by atoms with Crippen LogP contribution in [0.2, 0.25) is 0 Å². The largest absolute Gasteiger partial charge is 0.493 e. The maximum atomic E-state index is 10.7. The van der Waals surface area contributed by atoms with E-state index in [0.29, 0.717) is 18.6 Å². The smallest absolute Gasteiger partial charge is 0.162 e. The third-order valence-corrected chi connectivity index (χ3v) is 3.20. The molecule has 90 valence electrons. The van der Waals surface area contributed by atoms with Crippen LogP contribution in [0.1, 0.15) is 25.5 Å². The van der Waals surface area contributed by atoms with Gasteiger partial charge < -0.3 is 15.2 Å². The number of hydrogen-bond donors (Lipinski definition) is 2. The molecule has 5 heteroatoms. The number of aromatic nitrogens is 2. The van der Waals surface area contributed by atoms with Crippen molar-refractivity contribution in [3.05, 3.63) is 11.9 Å². The molecular formula is C11H19N3O2. The molecule has 5 nitrogen and oxygen atoms in total. The predicted molar refractivity (Wildman–Crippen MR) is 60.5 cm³/mol. The minimum atomic E-state index is -0.802. The lowest BCUT2D eigenvalue weighted by atomic mass is 9.88. The van der Waals surface area contributed by atoms with Gasteiger partial charge in [0.05, 0.1) is 13.3 Å². The van der Waals surface area contributed by atoms with Crippen LogP contribution in [0.3, 0.4) is 0 Å². The van der Waals surface area contributed by atoms with Crippen LogP contribution in [0.25, 0.3) is 0 Å². The summed E-state index contributed by atoms with van der Waals surface area (Å²) in [6, 6.07) is 0. The Morgan fingerprint density at radius 2 is 2.25 bits per heavy atom. The molecule has 1 aliphatic heterocycles. The number of aryl methyl sites for hydroxylation is 1. The quantitative estimate of drug-likeness (QED) is 0.785. The Morgan fingerprint density at radius 1 is 1.56 bits per heavy atom. The fourth-order valence-corrected chi connectivity index (χ4v) is 2.30. The molecule has 1 aromatic rings. The molecule has 2 N–H and O–H groups in total. The van der Waals surface area contributed by atoms with Crippen molar-refractivity contribution >= 4 is 0 Å². The lowest BCUT2D eigenvalue weighted by Gasteiger charge is -2.33. The molecule has 0 saturated carbocycles. The van der Waals surface area contributed by atoms with E-state index in [1.54, 1.807) is 13.3 Å². The zero-order chi connectivity index (χ0) is 11.6. The van der Waals surface area contributed by atoms with E-state index in [9.17, 15) is 5.11 Å². The van der Waals surface area contributed by atoms with E-state index < -0.39 is 5.60 Å². The van der Waals surface area contributed by atoms with E-state index >= 15 is 0 Å². The number of hydrogen-bond acceptors (Lipinski definition) is 4. The first-order valence-corrected chi connectivity index (χ1v) is 5.74. The normalized spacial score (nSPS) is 19.7. The maximum Gasteiger partial charge on any atom is 0.162 e. The van der Waals surface area contributed by atoms with Gasteiger partial charge in [0.15, 0.2) is 5.75 Å². The zero-order valence-electron chi connectivity index (χ0n) is 9.86. The summed E-state index contributed by atoms with van der Waals surface area (Å²) < 4.78 is 7.11. The van der Waals surface area contributed by atoms with Gasteiger partial charge in [-0.25, -0.2) is 0 Å². The molecule has 0 bridgehead atoms. The summed E-state index contributed by atoms with van der Waals surface area (Å²) >= 11 is 0. The fourth-order valence-electron chi connectivity index (χ4n) is 2.30. The summed E-state index contributed by atoms with van der Waals surface area (Å²) in [6.45, 7) is 4.41. The summed E-state index contributed by atoms with van der Waals surface area (Å²) in [4.78, 5) is 0. The predicted octanol–water partition coefficient (Wildman–Crippen LogP) is 0.483. The first-order chi connectivity index (χ1) is 7.71. The molecular weight excluding hydrogens is 206 g/mol. The highest BCUT2D eigenvalue weighted by Gasteiger charge is 2.37. The van der Waals surface area contributed by atoms with Crippen molar-refractivity contribution in [1.82, 2.24) is 15.1 Å². The second-order valence-electron chi connectivity index (χ2n) is 4.16. The Bertz CT molecular complexity index is 335. The second-order valence-corrected chi connectivity index (χ2v) is 4.16. The second kappa shape index (κ2) is 4.43. The first kappa shape index (κ1) is 11.4. The molecule has 0 spiro atoms. The molecule has 0 aliphatic carbocycles. The van der Waals surface area contributed by atoms with Crippen molar-refractivity contribution in [1.29, 1.82) is 0 Å². The lowest BCUT2D eigenvalue weighted by Crippen LogP contribution is -2.41. The summed E-state index contributed by atoms with van der Waals surface area (Å²) in [7, 11) is 1.62. The number of methoxy groups -OCH3 is 1. The summed E-state index contributed by atoms with van der Waals surface area (Å²) in [5, 5.41) is 18.2. The molecule has 0 radical (unpaired) electrons. The molecule has 2 rings (SSSR count). The van der Waals surface area contributed by atoms with Crippen LogP contribution in [0, 0.1) is 0 Å². The van der Waals surface area contributed by atoms with Crippen LogP contribution in [0.15, 0.2) is 6.20 Å². The maximum absolute atomic E-state index is 10.7. The van der Waals surface area contributed by atoms with Gasteiger partial charge in [0, 0.05) is 6.54 Å². The van der Waals surface area contributed by atoms with Crippen molar-refractivity contribution in [3.63, 3.8) is 0 Å². The van der Waals surface area contributed by atoms with Crippen molar-refractivity contribution < 1.29 is 9.84 Å². The van der Waals surface area contributed by atoms with E-state index in [4.69, 9.17) is 4.74 Å². The third kappa shape index (κ3) is 1.81. The van der Waals surface area contributed by atoms with Crippen molar-refractivity contribution in [3.8, 4) is 5.75 Å². The Hall–Kier alpha value is -1.07. The van der Waals surface area contributed by atoms with E-state index in [1.807, 2.05) is 11.6 Å². The van der Waals surface area contributed by atoms with Gasteiger partial charge in [-0.3, -0.25) is 4.68 Å². The monoisotopic (exact) mass is 225 g/mol. The van der Waals surface area contributed by atoms with Crippen LogP contribution in [0.5, 0.6) is 5.75 Å². The van der Waals surface area contributed by atoms with Crippen LogP contribution in [0.4, 0.5) is 0 Å². The lowest BCUT2D eigenvalue weighted by molar-refractivity contribution is -0.00423. The molecule has 1 aromatic heterocycles. The highest BCUT2D eigenvalue weighted by Crippen LogP contribution is 2.36. The number of nitrogens with zero attached hydrogens (tertiary/aromatic N) is 2. The minimum absolute atomic E-state index is 0.686. The van der Waals surface area contributed by atoms with Crippen LogP contribution in [-0.4, -0.2) is 35.1 Å². The van der Waals surface area contributed by atoms with Crippen LogP contribution >= 0.6 is 0 Å². The van der Waals surface area contributed by atoms with Gasteiger partial charge in [-0.2, -0.15) is 5.10 Å². The Morgan fingerprint density at radius 3 is 2.81 bits per heavy atom. The van der Waals surface area contributed by atoms with Gasteiger partial charge in [0.1, 0.15) is 11.3 Å². The van der Waals surface area contributed by atoms with Gasteiger partial charge in [0.25, 0.3) is 0 Å². The minimum Gasteiger partial charge on any atom is -0.493 e. The topological polar surface area (TPSA) is 59.3 Å². The molecule has 0 amide bonds. The fraction of sp³-hybridized carbons (Fsp3) is 0.727. The molecule has 1 saturated heterocycles. The highest BCUT2D eigenvalue weighted by atomic mass is 16.5. The molecule has 16 heavy (non-hydrogen) atoms. The third-order valence-electron chi connectivity index (χ3n) is 3.20. The van der Waals surface area contributed by atoms with Gasteiger partial charge in [0.2, 0.25) is 0 Å². The van der Waals surface area contributed by atoms with Gasteiger partial charge in [-0.05, 0) is 32.9 Å². The number of aliphatic hydroxyl groups is 1. The van der Waals surface area contributed by atoms with E-state index in [-0.39, 0.29) is 0 Å². The summed E-state index contributed by atoms with van der Waals surface area (Å²) in [6.07, 6.45) is 3.09. The number of ether oxygens (including phenoxy) is 1. The Kier molecular flexibility index (Phi) is 3.16. The molecule has 2 heterocycles. The van der Waals surface area contributed by atoms with Gasteiger partial charge in [-0.15, -0.1) is 0 Å². The van der Waals surface area contributed by atoms with E-state index in [2.05, 4.69) is 10.4 Å². The highest BCUT2D eigenvalue weighted by molar-refractivity contribution is 5.31. The Labute approximate surface area is 95.4 Å². The van der Waals surface area contributed by atoms with Crippen LogP contribution in [-0.2, 0) is 12.1 Å². The van der Waals surface area contributed by atoms with E-state index in [1.165, 1.54) is 0 Å². The molecule has 1 aliphatic rings. The van der Waals surface area contributed by atoms with Gasteiger partial charge >= 0.3 is 0 Å². The van der Waals surface area contributed by atoms with Gasteiger partial charge in [-0.1, -0.05) is 0 Å². The number of nitrogens with one attached hydrogen (secondary N) is 1. The number of rotatable bonds is 3. The van der Waals surface area contributed by atoms with Crippen molar-refractivity contribution in [2.75, 3.05) is 20.2 Å². The first-order valence-electron chi connectivity index (χ1n) is 5.74. The molecule has 1 fully saturated rings.